The molecule has 110 valence electrons. The molecule has 5 heteroatoms. The molecule has 2 bridgehead atoms. The van der Waals surface area contributed by atoms with Crippen molar-refractivity contribution in [3.8, 4) is 6.07 Å². The summed E-state index contributed by atoms with van der Waals surface area (Å²) in [7, 11) is 0. The van der Waals surface area contributed by atoms with Crippen molar-refractivity contribution in [1.82, 2.24) is 0 Å². The van der Waals surface area contributed by atoms with Crippen molar-refractivity contribution < 1.29 is 13.2 Å². The van der Waals surface area contributed by atoms with E-state index in [1.54, 1.807) is 0 Å². The SMILES string of the molecule is N#Cc1ccc(C(F)(F)F)cc1C1=CC2CCCC(C1)S2. The second-order valence-electron chi connectivity index (χ2n) is 5.49. The Balaban J connectivity index is 2.04. The van der Waals surface area contributed by atoms with Crippen LogP contribution in [-0.2, 0) is 6.18 Å². The first-order chi connectivity index (χ1) is 9.97. The third-order valence-corrected chi connectivity index (χ3v) is 5.54. The normalized spacial score (nSPS) is 25.1. The predicted octanol–water partition coefficient (Wildman–Crippen LogP) is 5.02. The van der Waals surface area contributed by atoms with Crippen LogP contribution in [0.25, 0.3) is 5.57 Å². The summed E-state index contributed by atoms with van der Waals surface area (Å²) in [5.74, 6) is 0. The summed E-state index contributed by atoms with van der Waals surface area (Å²) in [5.41, 5.74) is 1.02. The van der Waals surface area contributed by atoms with Gasteiger partial charge in [0, 0.05) is 10.5 Å². The summed E-state index contributed by atoms with van der Waals surface area (Å²) in [6.07, 6.45) is 1.82. The molecule has 1 aromatic carbocycles. The van der Waals surface area contributed by atoms with E-state index in [0.717, 1.165) is 37.0 Å². The van der Waals surface area contributed by atoms with E-state index in [1.165, 1.54) is 12.5 Å². The minimum atomic E-state index is -4.37. The van der Waals surface area contributed by atoms with Crippen LogP contribution in [0.2, 0.25) is 0 Å². The lowest BCUT2D eigenvalue weighted by Gasteiger charge is -2.33. The largest absolute Gasteiger partial charge is 0.416 e. The first kappa shape index (κ1) is 14.5. The molecule has 1 nitrogen and oxygen atoms in total. The van der Waals surface area contributed by atoms with Gasteiger partial charge in [-0.15, -0.1) is 0 Å². The minimum Gasteiger partial charge on any atom is -0.192 e. The molecular formula is C16H14F3NS. The summed E-state index contributed by atoms with van der Waals surface area (Å²) in [6.45, 7) is 0. The van der Waals surface area contributed by atoms with Crippen LogP contribution in [0.1, 0.15) is 42.4 Å². The number of nitrogens with zero attached hydrogens (tertiary/aromatic N) is 1. The van der Waals surface area contributed by atoms with E-state index >= 15 is 0 Å². The van der Waals surface area contributed by atoms with Crippen LogP contribution in [0.3, 0.4) is 0 Å². The van der Waals surface area contributed by atoms with E-state index in [4.69, 9.17) is 0 Å². The van der Waals surface area contributed by atoms with Gasteiger partial charge in [0.05, 0.1) is 17.2 Å². The summed E-state index contributed by atoms with van der Waals surface area (Å²) in [4.78, 5) is 0. The second-order valence-corrected chi connectivity index (χ2v) is 7.04. The van der Waals surface area contributed by atoms with E-state index < -0.39 is 11.7 Å². The third kappa shape index (κ3) is 2.96. The van der Waals surface area contributed by atoms with Crippen molar-refractivity contribution >= 4 is 17.3 Å². The zero-order valence-corrected chi connectivity index (χ0v) is 12.1. The number of allylic oxidation sites excluding steroid dienone is 1. The van der Waals surface area contributed by atoms with Crippen LogP contribution in [0.5, 0.6) is 0 Å². The van der Waals surface area contributed by atoms with Gasteiger partial charge in [0.25, 0.3) is 0 Å². The molecule has 0 radical (unpaired) electrons. The maximum atomic E-state index is 12.9. The Hall–Kier alpha value is -1.41. The smallest absolute Gasteiger partial charge is 0.192 e. The van der Waals surface area contributed by atoms with Crippen molar-refractivity contribution in [3.63, 3.8) is 0 Å². The molecule has 0 amide bonds. The Kier molecular flexibility index (Phi) is 3.75. The Morgan fingerprint density at radius 1 is 1.24 bits per heavy atom. The molecule has 1 fully saturated rings. The highest BCUT2D eigenvalue weighted by atomic mass is 32.2. The molecule has 2 atom stereocenters. The van der Waals surface area contributed by atoms with Crippen LogP contribution in [0.4, 0.5) is 13.2 Å². The fourth-order valence-corrected chi connectivity index (χ4v) is 4.64. The fourth-order valence-electron chi connectivity index (χ4n) is 3.02. The molecule has 21 heavy (non-hydrogen) atoms. The van der Waals surface area contributed by atoms with Crippen molar-refractivity contribution in [3.05, 3.63) is 41.0 Å². The molecule has 0 N–H and O–H groups in total. The van der Waals surface area contributed by atoms with Gasteiger partial charge < -0.3 is 0 Å². The van der Waals surface area contributed by atoms with Crippen LogP contribution in [0, 0.1) is 11.3 Å². The van der Waals surface area contributed by atoms with Gasteiger partial charge >= 0.3 is 6.18 Å². The topological polar surface area (TPSA) is 23.8 Å². The van der Waals surface area contributed by atoms with Gasteiger partial charge in [-0.2, -0.15) is 30.2 Å². The number of alkyl halides is 3. The quantitative estimate of drug-likeness (QED) is 0.727. The van der Waals surface area contributed by atoms with Gasteiger partial charge in [0.1, 0.15) is 0 Å². The Labute approximate surface area is 125 Å². The zero-order chi connectivity index (χ0) is 15.0. The predicted molar refractivity (Wildman–Crippen MR) is 77.8 cm³/mol. The number of fused-ring (bicyclic) bond motifs is 2. The standard InChI is InChI=1S/C16H14F3NS/c17-16(18,19)12-5-4-10(9-20)15(8-12)11-6-13-2-1-3-14(7-11)21-13/h4-6,8,13-14H,1-3,7H2. The lowest BCUT2D eigenvalue weighted by atomic mass is 9.90. The Morgan fingerprint density at radius 2 is 2.05 bits per heavy atom. The maximum Gasteiger partial charge on any atom is 0.416 e. The van der Waals surface area contributed by atoms with Gasteiger partial charge in [-0.05, 0) is 48.6 Å². The van der Waals surface area contributed by atoms with Crippen molar-refractivity contribution in [2.45, 2.75) is 42.4 Å². The Bertz CT molecular complexity index is 627. The van der Waals surface area contributed by atoms with Crippen LogP contribution < -0.4 is 0 Å². The second kappa shape index (κ2) is 5.42. The van der Waals surface area contributed by atoms with E-state index in [1.807, 2.05) is 17.8 Å². The average molecular weight is 309 g/mol. The summed E-state index contributed by atoms with van der Waals surface area (Å²) < 4.78 is 38.7. The minimum absolute atomic E-state index is 0.333. The van der Waals surface area contributed by atoms with E-state index in [2.05, 4.69) is 6.08 Å². The van der Waals surface area contributed by atoms with Crippen LogP contribution in [0.15, 0.2) is 24.3 Å². The first-order valence-electron chi connectivity index (χ1n) is 6.95. The lowest BCUT2D eigenvalue weighted by Crippen LogP contribution is -2.21. The summed E-state index contributed by atoms with van der Waals surface area (Å²) >= 11 is 1.91. The number of halogens is 3. The van der Waals surface area contributed by atoms with Gasteiger partial charge in [-0.25, -0.2) is 0 Å². The molecule has 0 spiro atoms. The third-order valence-electron chi connectivity index (χ3n) is 4.03. The van der Waals surface area contributed by atoms with E-state index in [9.17, 15) is 18.4 Å². The maximum absolute atomic E-state index is 12.9. The van der Waals surface area contributed by atoms with Gasteiger partial charge in [0.15, 0.2) is 0 Å². The zero-order valence-electron chi connectivity index (χ0n) is 11.3. The van der Waals surface area contributed by atoms with Crippen LogP contribution in [-0.4, -0.2) is 10.5 Å². The molecule has 2 aliphatic heterocycles. The summed E-state index contributed by atoms with van der Waals surface area (Å²) in [5, 5.41) is 10.0. The summed E-state index contributed by atoms with van der Waals surface area (Å²) in [6, 6.07) is 5.43. The molecule has 2 aliphatic rings. The average Bonchev–Trinajstić information content (AvgIpc) is 2.45. The highest BCUT2D eigenvalue weighted by molar-refractivity contribution is 8.00. The monoisotopic (exact) mass is 309 g/mol. The fraction of sp³-hybridized carbons (Fsp3) is 0.438. The number of benzene rings is 1. The molecule has 1 aromatic rings. The number of thioether (sulfide) groups is 1. The van der Waals surface area contributed by atoms with Crippen LogP contribution >= 0.6 is 11.8 Å². The number of nitriles is 1. The molecule has 2 heterocycles. The molecular weight excluding hydrogens is 295 g/mol. The van der Waals surface area contributed by atoms with Crippen molar-refractivity contribution in [1.29, 1.82) is 5.26 Å². The highest BCUT2D eigenvalue weighted by Crippen LogP contribution is 2.44. The number of hydrogen-bond donors (Lipinski definition) is 0. The number of rotatable bonds is 1. The lowest BCUT2D eigenvalue weighted by molar-refractivity contribution is -0.137. The van der Waals surface area contributed by atoms with Gasteiger partial charge in [-0.1, -0.05) is 12.5 Å². The van der Waals surface area contributed by atoms with Gasteiger partial charge in [0.2, 0.25) is 0 Å². The number of hydrogen-bond acceptors (Lipinski definition) is 2. The van der Waals surface area contributed by atoms with E-state index in [0.29, 0.717) is 21.6 Å². The van der Waals surface area contributed by atoms with E-state index in [-0.39, 0.29) is 0 Å². The highest BCUT2D eigenvalue weighted by Gasteiger charge is 2.33. The Morgan fingerprint density at radius 3 is 2.71 bits per heavy atom. The van der Waals surface area contributed by atoms with Gasteiger partial charge in [-0.3, -0.25) is 0 Å². The molecule has 0 aromatic heterocycles. The first-order valence-corrected chi connectivity index (χ1v) is 7.89. The molecule has 0 saturated carbocycles. The molecule has 3 rings (SSSR count). The molecule has 0 aliphatic carbocycles. The molecule has 2 unspecified atom stereocenters. The van der Waals surface area contributed by atoms with Crippen molar-refractivity contribution in [2.75, 3.05) is 0 Å². The molecule has 1 saturated heterocycles. The van der Waals surface area contributed by atoms with Crippen molar-refractivity contribution in [2.24, 2.45) is 0 Å².